The lowest BCUT2D eigenvalue weighted by Crippen LogP contribution is -2.13. The minimum atomic E-state index is 0.171. The van der Waals surface area contributed by atoms with Crippen molar-refractivity contribution < 1.29 is 0 Å². The molecule has 23 heavy (non-hydrogen) atoms. The molecule has 0 amide bonds. The SMILES string of the molecule is CN(C)Cc1c(-c2ccc(C(C)(C)C)cc2)nc2ccccn12. The highest BCUT2D eigenvalue weighted by molar-refractivity contribution is 5.67. The first-order valence-corrected chi connectivity index (χ1v) is 8.08. The summed E-state index contributed by atoms with van der Waals surface area (Å²) < 4.78 is 2.19. The fourth-order valence-corrected chi connectivity index (χ4v) is 2.86. The van der Waals surface area contributed by atoms with Gasteiger partial charge < -0.3 is 9.30 Å². The van der Waals surface area contributed by atoms with Crippen molar-refractivity contribution in [1.82, 2.24) is 14.3 Å². The van der Waals surface area contributed by atoms with Crippen LogP contribution < -0.4 is 0 Å². The van der Waals surface area contributed by atoms with Gasteiger partial charge in [-0.2, -0.15) is 0 Å². The van der Waals surface area contributed by atoms with Crippen molar-refractivity contribution in [2.24, 2.45) is 0 Å². The maximum absolute atomic E-state index is 4.86. The summed E-state index contributed by atoms with van der Waals surface area (Å²) in [4.78, 5) is 7.05. The number of nitrogens with zero attached hydrogens (tertiary/aromatic N) is 3. The Kier molecular flexibility index (Phi) is 3.99. The summed E-state index contributed by atoms with van der Waals surface area (Å²) in [7, 11) is 4.18. The fourth-order valence-electron chi connectivity index (χ4n) is 2.86. The van der Waals surface area contributed by atoms with E-state index in [1.807, 2.05) is 6.07 Å². The van der Waals surface area contributed by atoms with Gasteiger partial charge in [-0.05, 0) is 37.2 Å². The molecule has 0 bridgehead atoms. The zero-order valence-electron chi connectivity index (χ0n) is 14.7. The topological polar surface area (TPSA) is 20.5 Å². The van der Waals surface area contributed by atoms with Crippen molar-refractivity contribution in [3.8, 4) is 11.3 Å². The van der Waals surface area contributed by atoms with Crippen molar-refractivity contribution in [3.05, 3.63) is 59.9 Å². The van der Waals surface area contributed by atoms with Gasteiger partial charge in [-0.25, -0.2) is 4.98 Å². The van der Waals surface area contributed by atoms with Gasteiger partial charge in [-0.3, -0.25) is 0 Å². The first kappa shape index (κ1) is 15.8. The van der Waals surface area contributed by atoms with E-state index in [4.69, 9.17) is 4.98 Å². The number of fused-ring (bicyclic) bond motifs is 1. The molecule has 0 aliphatic rings. The molecule has 3 nitrogen and oxygen atoms in total. The molecule has 0 aliphatic carbocycles. The van der Waals surface area contributed by atoms with Crippen LogP contribution in [0.2, 0.25) is 0 Å². The van der Waals surface area contributed by atoms with Gasteiger partial charge >= 0.3 is 0 Å². The van der Waals surface area contributed by atoms with Crippen LogP contribution in [0, 0.1) is 0 Å². The highest BCUT2D eigenvalue weighted by Crippen LogP contribution is 2.28. The largest absolute Gasteiger partial charge is 0.304 e. The number of aromatic nitrogens is 2. The maximum Gasteiger partial charge on any atom is 0.137 e. The molecule has 0 spiro atoms. The number of hydrogen-bond donors (Lipinski definition) is 0. The molecular formula is C20H25N3. The van der Waals surface area contributed by atoms with E-state index in [0.717, 1.165) is 17.9 Å². The van der Waals surface area contributed by atoms with Crippen LogP contribution in [0.3, 0.4) is 0 Å². The minimum absolute atomic E-state index is 0.171. The summed E-state index contributed by atoms with van der Waals surface area (Å²) >= 11 is 0. The number of pyridine rings is 1. The standard InChI is InChI=1S/C20H25N3/c1-20(2,3)16-11-9-15(10-12-16)19-17(14-22(4)5)23-13-7-6-8-18(23)21-19/h6-13H,14H2,1-5H3. The van der Waals surface area contributed by atoms with Gasteiger partial charge in [-0.15, -0.1) is 0 Å². The molecule has 0 atom stereocenters. The molecular weight excluding hydrogens is 282 g/mol. The molecule has 0 radical (unpaired) electrons. The summed E-state index contributed by atoms with van der Waals surface area (Å²) in [6.45, 7) is 7.58. The highest BCUT2D eigenvalue weighted by atomic mass is 15.1. The van der Waals surface area contributed by atoms with Crippen molar-refractivity contribution in [2.45, 2.75) is 32.7 Å². The van der Waals surface area contributed by atoms with Crippen LogP contribution in [-0.4, -0.2) is 28.4 Å². The van der Waals surface area contributed by atoms with E-state index in [1.165, 1.54) is 16.8 Å². The van der Waals surface area contributed by atoms with Gasteiger partial charge in [0.1, 0.15) is 5.65 Å². The third-order valence-electron chi connectivity index (χ3n) is 4.12. The molecule has 0 unspecified atom stereocenters. The van der Waals surface area contributed by atoms with E-state index in [-0.39, 0.29) is 5.41 Å². The molecule has 3 heteroatoms. The number of hydrogen-bond acceptors (Lipinski definition) is 2. The fraction of sp³-hybridized carbons (Fsp3) is 0.350. The Balaban J connectivity index is 2.11. The molecule has 0 fully saturated rings. The van der Waals surface area contributed by atoms with Gasteiger partial charge in [0.2, 0.25) is 0 Å². The molecule has 120 valence electrons. The number of imidazole rings is 1. The van der Waals surface area contributed by atoms with E-state index < -0.39 is 0 Å². The molecule has 2 heterocycles. The second kappa shape index (κ2) is 5.82. The van der Waals surface area contributed by atoms with Crippen LogP contribution in [-0.2, 0) is 12.0 Å². The summed E-state index contributed by atoms with van der Waals surface area (Å²) in [5.41, 5.74) is 6.00. The summed E-state index contributed by atoms with van der Waals surface area (Å²) in [5.74, 6) is 0. The third-order valence-corrected chi connectivity index (χ3v) is 4.12. The minimum Gasteiger partial charge on any atom is -0.304 e. The first-order chi connectivity index (χ1) is 10.9. The first-order valence-electron chi connectivity index (χ1n) is 8.08. The van der Waals surface area contributed by atoms with Crippen molar-refractivity contribution in [1.29, 1.82) is 0 Å². The second-order valence-corrected chi connectivity index (χ2v) is 7.40. The lowest BCUT2D eigenvalue weighted by Gasteiger charge is -2.19. The molecule has 0 N–H and O–H groups in total. The summed E-state index contributed by atoms with van der Waals surface area (Å²) in [5, 5.41) is 0. The van der Waals surface area contributed by atoms with Gasteiger partial charge in [0.15, 0.2) is 0 Å². The Labute approximate surface area is 138 Å². The van der Waals surface area contributed by atoms with Crippen molar-refractivity contribution >= 4 is 5.65 Å². The smallest absolute Gasteiger partial charge is 0.137 e. The molecule has 0 saturated carbocycles. The Morgan fingerprint density at radius 3 is 2.30 bits per heavy atom. The number of benzene rings is 1. The van der Waals surface area contributed by atoms with Crippen LogP contribution in [0.1, 0.15) is 32.0 Å². The van der Waals surface area contributed by atoms with Gasteiger partial charge in [0, 0.05) is 18.3 Å². The average molecular weight is 307 g/mol. The molecule has 2 aromatic heterocycles. The van der Waals surface area contributed by atoms with Gasteiger partial charge in [0.25, 0.3) is 0 Å². The monoisotopic (exact) mass is 307 g/mol. The van der Waals surface area contributed by atoms with Crippen LogP contribution in [0.5, 0.6) is 0 Å². The normalized spacial score (nSPS) is 12.3. The Bertz CT molecular complexity index is 805. The Hall–Kier alpha value is -2.13. The summed E-state index contributed by atoms with van der Waals surface area (Å²) in [6.07, 6.45) is 2.09. The van der Waals surface area contributed by atoms with Crippen LogP contribution >= 0.6 is 0 Å². The number of rotatable bonds is 3. The predicted octanol–water partition coefficient (Wildman–Crippen LogP) is 4.36. The molecule has 1 aromatic carbocycles. The highest BCUT2D eigenvalue weighted by Gasteiger charge is 2.17. The molecule has 0 saturated heterocycles. The zero-order chi connectivity index (χ0) is 16.6. The van der Waals surface area contributed by atoms with Crippen molar-refractivity contribution in [2.75, 3.05) is 14.1 Å². The maximum atomic E-state index is 4.86. The van der Waals surface area contributed by atoms with Crippen LogP contribution in [0.15, 0.2) is 48.7 Å². The predicted molar refractivity (Wildman–Crippen MR) is 96.7 cm³/mol. The summed E-state index contributed by atoms with van der Waals surface area (Å²) in [6, 6.07) is 15.0. The zero-order valence-corrected chi connectivity index (χ0v) is 14.7. The molecule has 3 aromatic rings. The quantitative estimate of drug-likeness (QED) is 0.716. The van der Waals surface area contributed by atoms with Gasteiger partial charge in [0.05, 0.1) is 11.4 Å². The Morgan fingerprint density at radius 2 is 1.70 bits per heavy atom. The lowest BCUT2D eigenvalue weighted by molar-refractivity contribution is 0.396. The van der Waals surface area contributed by atoms with Crippen molar-refractivity contribution in [3.63, 3.8) is 0 Å². The Morgan fingerprint density at radius 1 is 1.00 bits per heavy atom. The van der Waals surface area contributed by atoms with Gasteiger partial charge in [-0.1, -0.05) is 51.1 Å². The van der Waals surface area contributed by atoms with E-state index in [2.05, 4.69) is 86.8 Å². The van der Waals surface area contributed by atoms with Crippen LogP contribution in [0.4, 0.5) is 0 Å². The van der Waals surface area contributed by atoms with E-state index in [1.54, 1.807) is 0 Å². The average Bonchev–Trinajstić information content (AvgIpc) is 2.85. The molecule has 3 rings (SSSR count). The van der Waals surface area contributed by atoms with E-state index in [0.29, 0.717) is 0 Å². The third kappa shape index (κ3) is 3.15. The van der Waals surface area contributed by atoms with Crippen LogP contribution in [0.25, 0.3) is 16.9 Å². The van der Waals surface area contributed by atoms with E-state index in [9.17, 15) is 0 Å². The lowest BCUT2D eigenvalue weighted by atomic mass is 9.86. The van der Waals surface area contributed by atoms with E-state index >= 15 is 0 Å². The second-order valence-electron chi connectivity index (χ2n) is 7.40. The molecule has 0 aliphatic heterocycles.